The van der Waals surface area contributed by atoms with Crippen molar-refractivity contribution in [2.45, 2.75) is 0 Å². The summed E-state index contributed by atoms with van der Waals surface area (Å²) in [5.74, 6) is 0. The monoisotopic (exact) mass is 424 g/mol. The summed E-state index contributed by atoms with van der Waals surface area (Å²) in [5.41, 5.74) is 4.22. The number of hydrogen-bond donors (Lipinski definition) is 0. The molecule has 2 heterocycles. The van der Waals surface area contributed by atoms with Gasteiger partial charge in [0.25, 0.3) is 0 Å². The molecule has 0 aliphatic carbocycles. The molecule has 1 aromatic carbocycles. The van der Waals surface area contributed by atoms with E-state index in [1.807, 2.05) is 36.5 Å². The second-order valence-corrected chi connectivity index (χ2v) is 3.95. The van der Waals surface area contributed by atoms with Crippen LogP contribution in [0, 0.1) is 6.07 Å². The van der Waals surface area contributed by atoms with Crippen LogP contribution in [-0.4, -0.2) is 9.97 Å². The van der Waals surface area contributed by atoms with Crippen molar-refractivity contribution in [1.29, 1.82) is 0 Å². The number of benzene rings is 1. The van der Waals surface area contributed by atoms with E-state index in [4.69, 9.17) is 0 Å². The van der Waals surface area contributed by atoms with Crippen LogP contribution in [0.4, 0.5) is 0 Å². The molecule has 3 heteroatoms. The van der Waals surface area contributed by atoms with E-state index in [1.54, 1.807) is 12.4 Å². The second kappa shape index (κ2) is 6.37. The zero-order valence-corrected chi connectivity index (χ0v) is 12.5. The summed E-state index contributed by atoms with van der Waals surface area (Å²) in [4.78, 5) is 8.34. The normalized spacial score (nSPS) is 9.68. The van der Waals surface area contributed by atoms with E-state index in [0.29, 0.717) is 0 Å². The van der Waals surface area contributed by atoms with Gasteiger partial charge in [0.2, 0.25) is 0 Å². The SMILES string of the molecule is [Ir].[c-]1cnccc1-c1cc(-c2ccccc2)ccn1. The summed E-state index contributed by atoms with van der Waals surface area (Å²) in [6.07, 6.45) is 5.24. The third-order valence-corrected chi connectivity index (χ3v) is 2.76. The number of aromatic nitrogens is 2. The molecule has 0 amide bonds. The molecule has 0 spiro atoms. The van der Waals surface area contributed by atoms with Crippen molar-refractivity contribution in [2.24, 2.45) is 0 Å². The molecule has 2 aromatic heterocycles. The standard InChI is InChI=1S/C16H11N2.Ir/c1-2-4-13(5-3-1)15-8-11-18-16(12-15)14-6-9-17-10-7-14;/h1-6,8-12H;/q-1;. The fourth-order valence-corrected chi connectivity index (χ4v) is 1.86. The van der Waals surface area contributed by atoms with Crippen LogP contribution in [-0.2, 0) is 20.1 Å². The molecular formula is C16H11IrN2-. The first-order valence-electron chi connectivity index (χ1n) is 5.77. The molecule has 2 nitrogen and oxygen atoms in total. The molecule has 19 heavy (non-hydrogen) atoms. The summed E-state index contributed by atoms with van der Waals surface area (Å²) in [6, 6.07) is 19.4. The van der Waals surface area contributed by atoms with Crippen LogP contribution in [0.15, 0.2) is 67.1 Å². The molecule has 1 radical (unpaired) electrons. The molecule has 0 saturated heterocycles. The Morgan fingerprint density at radius 2 is 1.68 bits per heavy atom. The van der Waals surface area contributed by atoms with Gasteiger partial charge < -0.3 is 4.98 Å². The topological polar surface area (TPSA) is 25.8 Å². The van der Waals surface area contributed by atoms with Crippen LogP contribution >= 0.6 is 0 Å². The smallest absolute Gasteiger partial charge is 0.0130 e. The van der Waals surface area contributed by atoms with Crippen molar-refractivity contribution in [3.63, 3.8) is 0 Å². The Balaban J connectivity index is 0.00000133. The van der Waals surface area contributed by atoms with Crippen molar-refractivity contribution in [3.05, 3.63) is 73.2 Å². The van der Waals surface area contributed by atoms with Crippen molar-refractivity contribution in [3.8, 4) is 22.4 Å². The van der Waals surface area contributed by atoms with Crippen LogP contribution in [0.3, 0.4) is 0 Å². The average Bonchev–Trinajstić information content (AvgIpc) is 2.49. The molecule has 0 aliphatic rings. The van der Waals surface area contributed by atoms with E-state index < -0.39 is 0 Å². The van der Waals surface area contributed by atoms with Gasteiger partial charge in [-0.15, -0.1) is 6.07 Å². The number of pyridine rings is 2. The van der Waals surface area contributed by atoms with Crippen molar-refractivity contribution < 1.29 is 20.1 Å². The summed E-state index contributed by atoms with van der Waals surface area (Å²) in [7, 11) is 0. The van der Waals surface area contributed by atoms with Gasteiger partial charge in [0, 0.05) is 26.3 Å². The molecule has 3 aromatic rings. The quantitative estimate of drug-likeness (QED) is 0.589. The minimum atomic E-state index is 0. The molecule has 3 rings (SSSR count). The summed E-state index contributed by atoms with van der Waals surface area (Å²) >= 11 is 0. The molecule has 0 atom stereocenters. The van der Waals surface area contributed by atoms with E-state index >= 15 is 0 Å². The third kappa shape index (κ3) is 3.14. The van der Waals surface area contributed by atoms with Gasteiger partial charge in [-0.25, -0.2) is 0 Å². The maximum Gasteiger partial charge on any atom is 0.0130 e. The first kappa shape index (κ1) is 13.6. The van der Waals surface area contributed by atoms with Gasteiger partial charge >= 0.3 is 0 Å². The predicted octanol–water partition coefficient (Wildman–Crippen LogP) is 3.61. The fraction of sp³-hybridized carbons (Fsp3) is 0. The largest absolute Gasteiger partial charge is 0.321 e. The summed E-state index contributed by atoms with van der Waals surface area (Å²) in [5, 5.41) is 0. The van der Waals surface area contributed by atoms with Crippen molar-refractivity contribution in [2.75, 3.05) is 0 Å². The van der Waals surface area contributed by atoms with Gasteiger partial charge in [-0.2, -0.15) is 11.6 Å². The molecule has 0 aliphatic heterocycles. The maximum absolute atomic E-state index is 4.38. The first-order valence-corrected chi connectivity index (χ1v) is 5.77. The van der Waals surface area contributed by atoms with Crippen LogP contribution in [0.25, 0.3) is 22.4 Å². The van der Waals surface area contributed by atoms with E-state index in [9.17, 15) is 0 Å². The number of rotatable bonds is 2. The molecule has 95 valence electrons. The van der Waals surface area contributed by atoms with Gasteiger partial charge in [0.1, 0.15) is 0 Å². The summed E-state index contributed by atoms with van der Waals surface area (Å²) < 4.78 is 0. The Bertz CT molecular complexity index is 584. The van der Waals surface area contributed by atoms with Crippen LogP contribution in [0.2, 0.25) is 0 Å². The van der Waals surface area contributed by atoms with Gasteiger partial charge in [-0.1, -0.05) is 36.4 Å². The summed E-state index contributed by atoms with van der Waals surface area (Å²) in [6.45, 7) is 0. The Hall–Kier alpha value is -1.83. The fourth-order valence-electron chi connectivity index (χ4n) is 1.86. The second-order valence-electron chi connectivity index (χ2n) is 3.95. The minimum absolute atomic E-state index is 0. The Morgan fingerprint density at radius 3 is 2.42 bits per heavy atom. The molecule has 0 unspecified atom stereocenters. The van der Waals surface area contributed by atoms with Gasteiger partial charge in [0.15, 0.2) is 0 Å². The molecule has 0 bridgehead atoms. The minimum Gasteiger partial charge on any atom is -0.321 e. The average molecular weight is 423 g/mol. The van der Waals surface area contributed by atoms with Crippen molar-refractivity contribution in [1.82, 2.24) is 9.97 Å². The van der Waals surface area contributed by atoms with E-state index in [0.717, 1.165) is 16.8 Å². The van der Waals surface area contributed by atoms with Crippen LogP contribution in [0.5, 0.6) is 0 Å². The van der Waals surface area contributed by atoms with E-state index in [1.165, 1.54) is 5.56 Å². The van der Waals surface area contributed by atoms with E-state index in [2.05, 4.69) is 34.2 Å². The van der Waals surface area contributed by atoms with Crippen LogP contribution < -0.4 is 0 Å². The Labute approximate surface area is 125 Å². The Morgan fingerprint density at radius 1 is 0.842 bits per heavy atom. The van der Waals surface area contributed by atoms with Crippen molar-refractivity contribution >= 4 is 0 Å². The first-order chi connectivity index (χ1) is 8.93. The number of hydrogen-bond acceptors (Lipinski definition) is 2. The van der Waals surface area contributed by atoms with Crippen LogP contribution in [0.1, 0.15) is 0 Å². The predicted molar refractivity (Wildman–Crippen MR) is 71.7 cm³/mol. The number of nitrogens with zero attached hydrogens (tertiary/aromatic N) is 2. The molecule has 0 fully saturated rings. The van der Waals surface area contributed by atoms with Gasteiger partial charge in [0.05, 0.1) is 0 Å². The Kier molecular flexibility index (Phi) is 4.56. The van der Waals surface area contributed by atoms with Gasteiger partial charge in [-0.3, -0.25) is 4.98 Å². The van der Waals surface area contributed by atoms with E-state index in [-0.39, 0.29) is 20.1 Å². The molecular weight excluding hydrogens is 412 g/mol. The molecule has 0 saturated carbocycles. The maximum atomic E-state index is 4.38. The zero-order chi connectivity index (χ0) is 12.2. The zero-order valence-electron chi connectivity index (χ0n) is 10.1. The van der Waals surface area contributed by atoms with Gasteiger partial charge in [-0.05, 0) is 35.3 Å². The third-order valence-electron chi connectivity index (χ3n) is 2.76. The molecule has 0 N–H and O–H groups in total.